The van der Waals surface area contributed by atoms with Crippen molar-refractivity contribution in [2.75, 3.05) is 13.2 Å². The van der Waals surface area contributed by atoms with Gasteiger partial charge in [-0.05, 0) is 130 Å². The van der Waals surface area contributed by atoms with Crippen LogP contribution in [0.4, 0.5) is 8.78 Å². The maximum absolute atomic E-state index is 12.8. The summed E-state index contributed by atoms with van der Waals surface area (Å²) in [5.41, 5.74) is 2.55. The van der Waals surface area contributed by atoms with Gasteiger partial charge in [0, 0.05) is 12.3 Å². The first-order chi connectivity index (χ1) is 27.3. The molecule has 4 N–H and O–H groups in total. The molecule has 1 aliphatic heterocycles. The second kappa shape index (κ2) is 35.5. The first kappa shape index (κ1) is 61.3. The van der Waals surface area contributed by atoms with E-state index in [0.29, 0.717) is 30.1 Å². The lowest BCUT2D eigenvalue weighted by Gasteiger charge is -2.26. The van der Waals surface area contributed by atoms with E-state index >= 15 is 0 Å². The lowest BCUT2D eigenvalue weighted by molar-refractivity contribution is -0.187. The van der Waals surface area contributed by atoms with Crippen LogP contribution in [0.25, 0.3) is 0 Å². The van der Waals surface area contributed by atoms with Crippen molar-refractivity contribution in [2.45, 2.75) is 244 Å². The zero-order chi connectivity index (χ0) is 43.6. The summed E-state index contributed by atoms with van der Waals surface area (Å²) in [6.07, 6.45) is 29.5. The molecule has 6 aliphatic carbocycles. The second-order valence-electron chi connectivity index (χ2n) is 21.8. The summed E-state index contributed by atoms with van der Waals surface area (Å²) < 4.78 is 35.9. The normalized spacial score (nSPS) is 36.3. The molecule has 0 aromatic rings. The Balaban J connectivity index is 0. The standard InChI is InChI=1S/C8H15F.C8H13F.3C8H16.C8H14.C6H12O2.2H2O/c2*1-6-3-4-7(2)8(9)5-6;4*1-7-3-5-8(2)6-4-7;1-5-3-7-6(2)8-4-5;;/h6-8H,3-5H2,1-2H3;6H,3-5H2,1-2H3;3*7-8H,3-6H2,1-2H3;3,8H,4-6H2,1-2H3;5-6H,3-4H2,1-2H3;2*1H2. The van der Waals surface area contributed by atoms with Gasteiger partial charge in [0.05, 0.1) is 19.0 Å². The van der Waals surface area contributed by atoms with Gasteiger partial charge in [0.1, 0.15) is 6.17 Å². The summed E-state index contributed by atoms with van der Waals surface area (Å²) >= 11 is 0. The number of hydrogen-bond acceptors (Lipinski definition) is 2. The molecular weight excluding hydrogens is 751 g/mol. The molecule has 4 nitrogen and oxygen atoms in total. The summed E-state index contributed by atoms with van der Waals surface area (Å²) in [5, 5.41) is 0. The molecule has 0 spiro atoms. The van der Waals surface area contributed by atoms with Crippen molar-refractivity contribution in [1.29, 1.82) is 0 Å². The molecule has 0 amide bonds. The topological polar surface area (TPSA) is 81.5 Å². The molecule has 1 heterocycles. The lowest BCUT2D eigenvalue weighted by Crippen LogP contribution is -2.27. The number of ether oxygens (including phenoxy) is 2. The predicted molar refractivity (Wildman–Crippen MR) is 259 cm³/mol. The van der Waals surface area contributed by atoms with Crippen molar-refractivity contribution >= 4 is 0 Å². The van der Waals surface area contributed by atoms with Gasteiger partial charge in [-0.1, -0.05) is 171 Å². The number of alkyl halides is 1. The van der Waals surface area contributed by atoms with Gasteiger partial charge in [0.15, 0.2) is 6.29 Å². The van der Waals surface area contributed by atoms with Crippen LogP contribution in [-0.2, 0) is 9.47 Å². The van der Waals surface area contributed by atoms with Crippen molar-refractivity contribution in [1.82, 2.24) is 0 Å². The number of hydrogen-bond donors (Lipinski definition) is 0. The minimum atomic E-state index is -0.520. The Labute approximate surface area is 373 Å². The fraction of sp³-hybridized carbons (Fsp3) is 0.926. The molecule has 5 fully saturated rings. The quantitative estimate of drug-likeness (QED) is 0.227. The minimum absolute atomic E-state index is 0. The van der Waals surface area contributed by atoms with E-state index in [9.17, 15) is 8.78 Å². The third kappa shape index (κ3) is 31.9. The first-order valence-electron chi connectivity index (χ1n) is 25.2. The Hall–Kier alpha value is -0.820. The predicted octanol–water partition coefficient (Wildman–Crippen LogP) is 16.4. The van der Waals surface area contributed by atoms with Gasteiger partial charge >= 0.3 is 0 Å². The third-order valence-electron chi connectivity index (χ3n) is 14.4. The molecule has 0 aromatic heterocycles. The Morgan fingerprint density at radius 3 is 1.08 bits per heavy atom. The van der Waals surface area contributed by atoms with Crippen molar-refractivity contribution in [2.24, 2.45) is 65.1 Å². The van der Waals surface area contributed by atoms with E-state index in [2.05, 4.69) is 82.2 Å². The minimum Gasteiger partial charge on any atom is -0.412 e. The fourth-order valence-corrected chi connectivity index (χ4v) is 8.72. The van der Waals surface area contributed by atoms with E-state index < -0.39 is 6.17 Å². The van der Waals surface area contributed by atoms with E-state index in [1.807, 2.05) is 20.8 Å². The zero-order valence-electron chi connectivity index (χ0n) is 42.4. The Bertz CT molecular complexity index is 926. The van der Waals surface area contributed by atoms with E-state index in [4.69, 9.17) is 9.47 Å². The molecule has 60 heavy (non-hydrogen) atoms. The van der Waals surface area contributed by atoms with Crippen LogP contribution in [-0.4, -0.2) is 36.6 Å². The van der Waals surface area contributed by atoms with Gasteiger partial charge in [-0.25, -0.2) is 8.78 Å². The number of halogens is 2. The van der Waals surface area contributed by atoms with Crippen molar-refractivity contribution in [3.63, 3.8) is 0 Å². The molecule has 360 valence electrons. The maximum Gasteiger partial charge on any atom is 0.154 e. The average Bonchev–Trinajstić information content (AvgIpc) is 3.19. The highest BCUT2D eigenvalue weighted by molar-refractivity contribution is 5.08. The Morgan fingerprint density at radius 2 is 0.817 bits per heavy atom. The van der Waals surface area contributed by atoms with Gasteiger partial charge in [-0.2, -0.15) is 0 Å². The molecule has 6 heteroatoms. The highest BCUT2D eigenvalue weighted by Gasteiger charge is 2.24. The van der Waals surface area contributed by atoms with Crippen LogP contribution < -0.4 is 0 Å². The van der Waals surface area contributed by atoms with Gasteiger partial charge in [0.2, 0.25) is 0 Å². The molecule has 5 atom stereocenters. The summed E-state index contributed by atoms with van der Waals surface area (Å²) in [6.45, 7) is 32.6. The fourth-order valence-electron chi connectivity index (χ4n) is 8.72. The monoisotopic (exact) mass is 857 g/mol. The van der Waals surface area contributed by atoms with Crippen LogP contribution >= 0.6 is 0 Å². The van der Waals surface area contributed by atoms with Gasteiger partial charge in [-0.3, -0.25) is 0 Å². The lowest BCUT2D eigenvalue weighted by atomic mass is 9.83. The van der Waals surface area contributed by atoms with Crippen LogP contribution in [0.15, 0.2) is 23.0 Å². The molecule has 7 aliphatic rings. The van der Waals surface area contributed by atoms with E-state index in [1.54, 1.807) is 5.57 Å². The molecular formula is C54H106F2O4. The van der Waals surface area contributed by atoms with Crippen LogP contribution in [0.2, 0.25) is 0 Å². The second-order valence-corrected chi connectivity index (χ2v) is 21.8. The van der Waals surface area contributed by atoms with E-state index in [-0.39, 0.29) is 23.1 Å². The Kier molecular flexibility index (Phi) is 36.3. The maximum atomic E-state index is 12.8. The summed E-state index contributed by atoms with van der Waals surface area (Å²) in [7, 11) is 0. The summed E-state index contributed by atoms with van der Waals surface area (Å²) in [5.74, 6) is 9.27. The zero-order valence-corrected chi connectivity index (χ0v) is 42.4. The summed E-state index contributed by atoms with van der Waals surface area (Å²) in [6, 6.07) is 0. The summed E-state index contributed by atoms with van der Waals surface area (Å²) in [4.78, 5) is 0. The first-order valence-corrected chi connectivity index (χ1v) is 25.2. The van der Waals surface area contributed by atoms with Crippen molar-refractivity contribution in [3.8, 4) is 0 Å². The van der Waals surface area contributed by atoms with Crippen molar-refractivity contribution < 1.29 is 29.2 Å². The van der Waals surface area contributed by atoms with Crippen LogP contribution in [0.5, 0.6) is 0 Å². The SMILES string of the molecule is CC1=C(F)CC(C)CC1.CC1=CCC(C)CC1.CC1CCC(C)C(F)C1.CC1CCC(C)CC1.CC1CCC(C)CC1.CC1CCC(C)CC1.CC1COC(C)OC1.O.O. The smallest absolute Gasteiger partial charge is 0.154 e. The van der Waals surface area contributed by atoms with Crippen molar-refractivity contribution in [3.05, 3.63) is 23.0 Å². The van der Waals surface area contributed by atoms with E-state index in [0.717, 1.165) is 79.5 Å². The van der Waals surface area contributed by atoms with Crippen LogP contribution in [0.3, 0.4) is 0 Å². The average molecular weight is 857 g/mol. The highest BCUT2D eigenvalue weighted by Crippen LogP contribution is 2.32. The van der Waals surface area contributed by atoms with Crippen LogP contribution in [0, 0.1) is 65.1 Å². The molecule has 1 saturated heterocycles. The number of rotatable bonds is 0. The molecule has 0 radical (unpaired) electrons. The van der Waals surface area contributed by atoms with Gasteiger partial charge in [-0.15, -0.1) is 0 Å². The Morgan fingerprint density at radius 1 is 0.450 bits per heavy atom. The molecule has 0 bridgehead atoms. The molecule has 0 aromatic carbocycles. The molecule has 7 rings (SSSR count). The third-order valence-corrected chi connectivity index (χ3v) is 14.4. The highest BCUT2D eigenvalue weighted by atomic mass is 19.1. The largest absolute Gasteiger partial charge is 0.412 e. The molecule has 5 unspecified atom stereocenters. The van der Waals surface area contributed by atoms with E-state index in [1.165, 1.54) is 109 Å². The molecule has 4 saturated carbocycles. The van der Waals surface area contributed by atoms with Gasteiger partial charge in [0.25, 0.3) is 0 Å². The van der Waals surface area contributed by atoms with Gasteiger partial charge < -0.3 is 20.4 Å². The number of allylic oxidation sites excluding steroid dienone is 4. The van der Waals surface area contributed by atoms with Crippen LogP contribution in [0.1, 0.15) is 232 Å².